The number of rotatable bonds is 7. The monoisotopic (exact) mass is 395 g/mol. The third-order valence-electron chi connectivity index (χ3n) is 5.07. The summed E-state index contributed by atoms with van der Waals surface area (Å²) in [5.41, 5.74) is 3.52. The van der Waals surface area contributed by atoms with E-state index in [1.165, 1.54) is 0 Å². The first kappa shape index (κ1) is 21.0. The lowest BCUT2D eigenvalue weighted by molar-refractivity contribution is 0.0526. The van der Waals surface area contributed by atoms with Crippen LogP contribution in [0.4, 0.5) is 5.69 Å². The Kier molecular flexibility index (Phi) is 6.99. The van der Waals surface area contributed by atoms with Crippen LogP contribution in [0.15, 0.2) is 52.8 Å². The average Bonchev–Trinajstić information content (AvgIpc) is 3.25. The molecule has 1 saturated heterocycles. The Balaban J connectivity index is 2.09. The molecule has 0 spiro atoms. The number of aliphatic hydroxyl groups is 1. The summed E-state index contributed by atoms with van der Waals surface area (Å²) < 4.78 is 5.17. The highest BCUT2D eigenvalue weighted by Gasteiger charge is 2.20. The number of carbonyl (C=O) groups excluding carboxylic acids is 1. The van der Waals surface area contributed by atoms with Crippen LogP contribution in [0.5, 0.6) is 0 Å². The largest absolute Gasteiger partial charge is 0.462 e. The number of hydrogen-bond donors (Lipinski definition) is 1. The molecule has 6 heteroatoms. The van der Waals surface area contributed by atoms with E-state index in [1.807, 2.05) is 43.1 Å². The normalized spacial score (nSPS) is 15.3. The van der Waals surface area contributed by atoms with Gasteiger partial charge in [0, 0.05) is 18.7 Å². The van der Waals surface area contributed by atoms with Crippen molar-refractivity contribution < 1.29 is 14.6 Å². The summed E-state index contributed by atoms with van der Waals surface area (Å²) in [7, 11) is 0. The van der Waals surface area contributed by atoms with Gasteiger partial charge in [0.05, 0.1) is 24.0 Å². The van der Waals surface area contributed by atoms with Crippen molar-refractivity contribution in [3.05, 3.63) is 53.6 Å². The Bertz CT molecular complexity index is 873. The number of nitrogens with zero attached hydrogens (tertiary/aromatic N) is 3. The SMILES string of the molecule is CCOC(=O)c1ccc(N=NN2CCCC2)c(-c2ccccc2C(O)C(C)C)c1. The van der Waals surface area contributed by atoms with Gasteiger partial charge >= 0.3 is 5.97 Å². The standard InChI is InChI=1S/C23H29N3O3/c1-4-29-23(28)17-11-12-21(24-25-26-13-7-8-14-26)20(15-17)18-9-5-6-10-19(18)22(27)16(2)3/h5-6,9-12,15-16,22,27H,4,7-8,13-14H2,1-3H3. The van der Waals surface area contributed by atoms with Crippen LogP contribution in [0.1, 0.15) is 55.6 Å². The topological polar surface area (TPSA) is 74.5 Å². The molecule has 0 amide bonds. The van der Waals surface area contributed by atoms with Crippen LogP contribution in [-0.4, -0.2) is 35.8 Å². The number of ether oxygens (including phenoxy) is 1. The predicted molar refractivity (Wildman–Crippen MR) is 113 cm³/mol. The molecular weight excluding hydrogens is 366 g/mol. The average molecular weight is 396 g/mol. The summed E-state index contributed by atoms with van der Waals surface area (Å²) in [6, 6.07) is 13.0. The van der Waals surface area contributed by atoms with Gasteiger partial charge in [0.2, 0.25) is 0 Å². The summed E-state index contributed by atoms with van der Waals surface area (Å²) in [5.74, 6) is -0.322. The zero-order chi connectivity index (χ0) is 20.8. The van der Waals surface area contributed by atoms with E-state index < -0.39 is 6.10 Å². The summed E-state index contributed by atoms with van der Waals surface area (Å²) in [4.78, 5) is 12.3. The molecule has 6 nitrogen and oxygen atoms in total. The maximum Gasteiger partial charge on any atom is 0.338 e. The van der Waals surface area contributed by atoms with E-state index >= 15 is 0 Å². The Labute approximate surface area is 172 Å². The quantitative estimate of drug-likeness (QED) is 0.509. The van der Waals surface area contributed by atoms with Gasteiger partial charge in [-0.15, -0.1) is 5.11 Å². The van der Waals surface area contributed by atoms with Gasteiger partial charge in [-0.3, -0.25) is 5.01 Å². The molecule has 0 aliphatic carbocycles. The van der Waals surface area contributed by atoms with Gasteiger partial charge in [-0.25, -0.2) is 4.79 Å². The highest BCUT2D eigenvalue weighted by molar-refractivity contribution is 5.93. The minimum atomic E-state index is -0.624. The summed E-state index contributed by atoms with van der Waals surface area (Å²) in [6.45, 7) is 7.86. The van der Waals surface area contributed by atoms with Crippen molar-refractivity contribution in [2.24, 2.45) is 16.3 Å². The minimum Gasteiger partial charge on any atom is -0.462 e. The van der Waals surface area contributed by atoms with E-state index in [-0.39, 0.29) is 11.9 Å². The zero-order valence-corrected chi connectivity index (χ0v) is 17.3. The number of hydrogen-bond acceptors (Lipinski definition) is 5. The highest BCUT2D eigenvalue weighted by atomic mass is 16.5. The van der Waals surface area contributed by atoms with Crippen LogP contribution < -0.4 is 0 Å². The fourth-order valence-electron chi connectivity index (χ4n) is 3.44. The lowest BCUT2D eigenvalue weighted by atomic mass is 9.90. The molecule has 0 aromatic heterocycles. The van der Waals surface area contributed by atoms with Crippen LogP contribution in [0.25, 0.3) is 11.1 Å². The Morgan fingerprint density at radius 1 is 1.14 bits per heavy atom. The third-order valence-corrected chi connectivity index (χ3v) is 5.07. The van der Waals surface area contributed by atoms with Crippen molar-refractivity contribution in [3.8, 4) is 11.1 Å². The molecule has 29 heavy (non-hydrogen) atoms. The van der Waals surface area contributed by atoms with Crippen molar-refractivity contribution in [2.75, 3.05) is 19.7 Å². The first-order chi connectivity index (χ1) is 14.0. The number of aliphatic hydroxyl groups excluding tert-OH is 1. The summed E-state index contributed by atoms with van der Waals surface area (Å²) >= 11 is 0. The van der Waals surface area contributed by atoms with E-state index in [4.69, 9.17) is 4.74 Å². The fraction of sp³-hybridized carbons (Fsp3) is 0.435. The fourth-order valence-corrected chi connectivity index (χ4v) is 3.44. The van der Waals surface area contributed by atoms with E-state index in [9.17, 15) is 9.90 Å². The first-order valence-electron chi connectivity index (χ1n) is 10.3. The molecule has 1 unspecified atom stereocenters. The molecule has 2 aromatic rings. The van der Waals surface area contributed by atoms with E-state index in [1.54, 1.807) is 25.1 Å². The summed E-state index contributed by atoms with van der Waals surface area (Å²) in [5, 5.41) is 21.6. The van der Waals surface area contributed by atoms with Gasteiger partial charge in [0.1, 0.15) is 0 Å². The van der Waals surface area contributed by atoms with Crippen molar-refractivity contribution in [3.63, 3.8) is 0 Å². The maximum atomic E-state index is 12.3. The second-order valence-corrected chi connectivity index (χ2v) is 7.58. The van der Waals surface area contributed by atoms with Crippen molar-refractivity contribution in [2.45, 2.75) is 39.7 Å². The highest BCUT2D eigenvalue weighted by Crippen LogP contribution is 2.38. The minimum absolute atomic E-state index is 0.0547. The van der Waals surface area contributed by atoms with Crippen molar-refractivity contribution in [1.82, 2.24) is 5.01 Å². The van der Waals surface area contributed by atoms with E-state index in [0.29, 0.717) is 17.9 Å². The molecule has 1 heterocycles. The van der Waals surface area contributed by atoms with Gasteiger partial charge in [-0.2, -0.15) is 0 Å². The summed E-state index contributed by atoms with van der Waals surface area (Å²) in [6.07, 6.45) is 1.62. The lowest BCUT2D eigenvalue weighted by Gasteiger charge is -2.20. The number of carbonyl (C=O) groups is 1. The second-order valence-electron chi connectivity index (χ2n) is 7.58. The molecule has 154 valence electrons. The van der Waals surface area contributed by atoms with Gasteiger partial charge in [0.25, 0.3) is 0 Å². The van der Waals surface area contributed by atoms with Gasteiger partial charge in [0.15, 0.2) is 0 Å². The van der Waals surface area contributed by atoms with Gasteiger partial charge < -0.3 is 9.84 Å². The predicted octanol–water partition coefficient (Wildman–Crippen LogP) is 5.31. The lowest BCUT2D eigenvalue weighted by Crippen LogP contribution is -2.10. The molecule has 1 aliphatic heterocycles. The van der Waals surface area contributed by atoms with E-state index in [2.05, 4.69) is 10.3 Å². The van der Waals surface area contributed by atoms with Crippen LogP contribution in [0.2, 0.25) is 0 Å². The molecule has 1 fully saturated rings. The van der Waals surface area contributed by atoms with Crippen LogP contribution in [0, 0.1) is 5.92 Å². The van der Waals surface area contributed by atoms with Crippen molar-refractivity contribution >= 4 is 11.7 Å². The zero-order valence-electron chi connectivity index (χ0n) is 17.3. The Morgan fingerprint density at radius 3 is 2.55 bits per heavy atom. The van der Waals surface area contributed by atoms with Crippen LogP contribution >= 0.6 is 0 Å². The molecule has 1 atom stereocenters. The molecule has 1 N–H and O–H groups in total. The molecule has 3 rings (SSSR count). The molecule has 2 aromatic carbocycles. The van der Waals surface area contributed by atoms with Gasteiger partial charge in [-0.05, 0) is 55.0 Å². The maximum absolute atomic E-state index is 12.3. The smallest absolute Gasteiger partial charge is 0.338 e. The van der Waals surface area contributed by atoms with Gasteiger partial charge in [-0.1, -0.05) is 43.3 Å². The first-order valence-corrected chi connectivity index (χ1v) is 10.3. The molecule has 0 radical (unpaired) electrons. The molecule has 0 saturated carbocycles. The molecule has 0 bridgehead atoms. The molecular formula is C23H29N3O3. The van der Waals surface area contributed by atoms with Crippen molar-refractivity contribution in [1.29, 1.82) is 0 Å². The molecule has 1 aliphatic rings. The third kappa shape index (κ3) is 5.01. The van der Waals surface area contributed by atoms with Crippen LogP contribution in [-0.2, 0) is 4.74 Å². The second kappa shape index (κ2) is 9.65. The number of benzene rings is 2. The number of esters is 1. The Hall–Kier alpha value is -2.73. The Morgan fingerprint density at radius 2 is 1.86 bits per heavy atom. The van der Waals surface area contributed by atoms with Crippen LogP contribution in [0.3, 0.4) is 0 Å². The van der Waals surface area contributed by atoms with E-state index in [0.717, 1.165) is 42.6 Å².